The summed E-state index contributed by atoms with van der Waals surface area (Å²) in [5.74, 6) is 0.176. The van der Waals surface area contributed by atoms with Crippen LogP contribution in [0.3, 0.4) is 0 Å². The minimum absolute atomic E-state index is 0.176. The fraction of sp³-hybridized carbons (Fsp3) is 0.500. The Morgan fingerprint density at radius 3 is 2.62 bits per heavy atom. The van der Waals surface area contributed by atoms with Crippen LogP contribution in [0.15, 0.2) is 12.2 Å². The molecule has 0 heterocycles. The Balaban J connectivity index is 3.16. The minimum atomic E-state index is 0.176. The quantitative estimate of drug-likeness (QED) is 0.541. The van der Waals surface area contributed by atoms with Gasteiger partial charge in [0.1, 0.15) is 5.78 Å². The smallest absolute Gasteiger partial charge is 0.133 e. The lowest BCUT2D eigenvalue weighted by atomic mass is 10.3. The second kappa shape index (κ2) is 4.53. The Bertz CT molecular complexity index is 96.7. The summed E-state index contributed by atoms with van der Waals surface area (Å²) in [5, 5.41) is 0. The van der Waals surface area contributed by atoms with Crippen LogP contribution in [0.4, 0.5) is 0 Å². The monoisotopic (exact) mass is 113 g/mol. The van der Waals surface area contributed by atoms with Crippen molar-refractivity contribution in [2.24, 2.45) is 5.73 Å². The molecule has 0 aromatic rings. The van der Waals surface area contributed by atoms with Crippen LogP contribution in [0.25, 0.3) is 0 Å². The minimum Gasteiger partial charge on any atom is -0.327 e. The van der Waals surface area contributed by atoms with Gasteiger partial charge in [0, 0.05) is 13.0 Å². The van der Waals surface area contributed by atoms with E-state index in [4.69, 9.17) is 5.73 Å². The molecule has 0 fully saturated rings. The molecule has 0 aromatic heterocycles. The van der Waals surface area contributed by atoms with Crippen molar-refractivity contribution in [2.75, 3.05) is 6.54 Å². The second-order valence-electron chi connectivity index (χ2n) is 1.61. The molecule has 0 saturated carbocycles. The number of hydrogen-bond donors (Lipinski definition) is 1. The number of carbonyl (C=O) groups is 1. The molecule has 0 aliphatic rings. The van der Waals surface area contributed by atoms with Gasteiger partial charge in [0.2, 0.25) is 0 Å². The molecular weight excluding hydrogens is 102 g/mol. The number of rotatable bonds is 3. The maximum absolute atomic E-state index is 10.2. The zero-order chi connectivity index (χ0) is 6.41. The van der Waals surface area contributed by atoms with E-state index >= 15 is 0 Å². The zero-order valence-corrected chi connectivity index (χ0v) is 5.05. The number of nitrogens with two attached hydrogens (primary N) is 1. The van der Waals surface area contributed by atoms with Gasteiger partial charge in [0.05, 0.1) is 0 Å². The average Bonchev–Trinajstić information content (AvgIpc) is 1.66. The van der Waals surface area contributed by atoms with E-state index in [-0.39, 0.29) is 5.78 Å². The largest absolute Gasteiger partial charge is 0.327 e. The van der Waals surface area contributed by atoms with Gasteiger partial charge >= 0.3 is 0 Å². The van der Waals surface area contributed by atoms with Crippen molar-refractivity contribution in [3.8, 4) is 0 Å². The van der Waals surface area contributed by atoms with Crippen LogP contribution in [-0.4, -0.2) is 12.3 Å². The highest BCUT2D eigenvalue weighted by Crippen LogP contribution is 1.81. The summed E-state index contributed by atoms with van der Waals surface area (Å²) in [6, 6.07) is 0. The standard InChI is InChI=1S/C6H11NO/c1-6(8)4-2-3-5-7/h2-3H,4-5,7H2,1H3. The molecule has 2 nitrogen and oxygen atoms in total. The normalized spacial score (nSPS) is 10.2. The number of carbonyl (C=O) groups excluding carboxylic acids is 1. The predicted octanol–water partition coefficient (Wildman–Crippen LogP) is 0.480. The van der Waals surface area contributed by atoms with Gasteiger partial charge in [-0.3, -0.25) is 4.79 Å². The second-order valence-corrected chi connectivity index (χ2v) is 1.61. The van der Waals surface area contributed by atoms with Gasteiger partial charge in [0.15, 0.2) is 0 Å². The first-order chi connectivity index (χ1) is 3.77. The van der Waals surface area contributed by atoms with E-state index in [2.05, 4.69) is 0 Å². The molecule has 0 unspecified atom stereocenters. The zero-order valence-electron chi connectivity index (χ0n) is 5.05. The van der Waals surface area contributed by atoms with Crippen LogP contribution < -0.4 is 5.73 Å². The van der Waals surface area contributed by atoms with Crippen LogP contribution in [0.5, 0.6) is 0 Å². The molecule has 2 N–H and O–H groups in total. The number of hydrogen-bond acceptors (Lipinski definition) is 2. The Morgan fingerprint density at radius 2 is 2.25 bits per heavy atom. The summed E-state index contributed by atoms with van der Waals surface area (Å²) >= 11 is 0. The summed E-state index contributed by atoms with van der Waals surface area (Å²) in [6.45, 7) is 2.08. The van der Waals surface area contributed by atoms with Crippen molar-refractivity contribution >= 4 is 5.78 Å². The molecule has 0 saturated heterocycles. The van der Waals surface area contributed by atoms with Gasteiger partial charge in [-0.1, -0.05) is 12.2 Å². The molecule has 0 rings (SSSR count). The van der Waals surface area contributed by atoms with Crippen molar-refractivity contribution < 1.29 is 4.79 Å². The summed E-state index contributed by atoms with van der Waals surface area (Å²) in [6.07, 6.45) is 4.07. The lowest BCUT2D eigenvalue weighted by Gasteiger charge is -1.80. The highest BCUT2D eigenvalue weighted by Gasteiger charge is 1.82. The van der Waals surface area contributed by atoms with Crippen molar-refractivity contribution in [2.45, 2.75) is 13.3 Å². The van der Waals surface area contributed by atoms with Crippen molar-refractivity contribution in [1.82, 2.24) is 0 Å². The Kier molecular flexibility index (Phi) is 4.17. The first-order valence-corrected chi connectivity index (χ1v) is 2.62. The van der Waals surface area contributed by atoms with Crippen molar-refractivity contribution in [3.05, 3.63) is 12.2 Å². The molecule has 2 heteroatoms. The molecule has 46 valence electrons. The van der Waals surface area contributed by atoms with E-state index < -0.39 is 0 Å². The summed E-state index contributed by atoms with van der Waals surface area (Å²) in [7, 11) is 0. The number of Topliss-reactive ketones (excluding diaryl/α,β-unsaturated/α-hetero) is 1. The fourth-order valence-corrected chi connectivity index (χ4v) is 0.346. The summed E-state index contributed by atoms with van der Waals surface area (Å²) in [5.41, 5.74) is 5.12. The van der Waals surface area contributed by atoms with Crippen molar-refractivity contribution in [1.29, 1.82) is 0 Å². The Hall–Kier alpha value is -0.630. The van der Waals surface area contributed by atoms with Crippen LogP contribution in [0.1, 0.15) is 13.3 Å². The topological polar surface area (TPSA) is 43.1 Å². The average molecular weight is 113 g/mol. The van der Waals surface area contributed by atoms with E-state index in [1.54, 1.807) is 19.1 Å². The molecule has 0 aliphatic heterocycles. The van der Waals surface area contributed by atoms with E-state index in [0.717, 1.165) is 0 Å². The van der Waals surface area contributed by atoms with Gasteiger partial charge in [-0.05, 0) is 6.92 Å². The van der Waals surface area contributed by atoms with Crippen LogP contribution >= 0.6 is 0 Å². The summed E-state index contributed by atoms with van der Waals surface area (Å²) in [4.78, 5) is 10.2. The number of allylic oxidation sites excluding steroid dienone is 1. The predicted molar refractivity (Wildman–Crippen MR) is 33.5 cm³/mol. The van der Waals surface area contributed by atoms with Crippen LogP contribution in [0, 0.1) is 0 Å². The Labute approximate surface area is 49.4 Å². The summed E-state index contributed by atoms with van der Waals surface area (Å²) < 4.78 is 0. The highest BCUT2D eigenvalue weighted by atomic mass is 16.1. The third-order valence-corrected chi connectivity index (χ3v) is 0.708. The molecule has 0 bridgehead atoms. The third-order valence-electron chi connectivity index (χ3n) is 0.708. The SMILES string of the molecule is CC(=O)CC=CCN. The first-order valence-electron chi connectivity index (χ1n) is 2.62. The van der Waals surface area contributed by atoms with Gasteiger partial charge in [-0.25, -0.2) is 0 Å². The third kappa shape index (κ3) is 5.37. The van der Waals surface area contributed by atoms with Gasteiger partial charge in [-0.15, -0.1) is 0 Å². The van der Waals surface area contributed by atoms with E-state index in [0.29, 0.717) is 13.0 Å². The lowest BCUT2D eigenvalue weighted by molar-refractivity contribution is -0.116. The van der Waals surface area contributed by atoms with Gasteiger partial charge < -0.3 is 5.73 Å². The van der Waals surface area contributed by atoms with Crippen LogP contribution in [-0.2, 0) is 4.79 Å². The van der Waals surface area contributed by atoms with E-state index in [1.807, 2.05) is 0 Å². The molecular formula is C6H11NO. The fourth-order valence-electron chi connectivity index (χ4n) is 0.346. The van der Waals surface area contributed by atoms with Crippen LogP contribution in [0.2, 0.25) is 0 Å². The molecule has 0 amide bonds. The van der Waals surface area contributed by atoms with Crippen molar-refractivity contribution in [3.63, 3.8) is 0 Å². The first kappa shape index (κ1) is 7.37. The molecule has 0 aliphatic carbocycles. The number of ketones is 1. The highest BCUT2D eigenvalue weighted by molar-refractivity contribution is 5.76. The molecule has 0 radical (unpaired) electrons. The van der Waals surface area contributed by atoms with Gasteiger partial charge in [-0.2, -0.15) is 0 Å². The maximum atomic E-state index is 10.2. The maximum Gasteiger partial charge on any atom is 0.133 e. The van der Waals surface area contributed by atoms with E-state index in [1.165, 1.54) is 0 Å². The molecule has 0 spiro atoms. The van der Waals surface area contributed by atoms with Gasteiger partial charge in [0.25, 0.3) is 0 Å². The van der Waals surface area contributed by atoms with E-state index in [9.17, 15) is 4.79 Å². The Morgan fingerprint density at radius 1 is 1.62 bits per heavy atom. The molecule has 0 aromatic carbocycles. The molecule has 8 heavy (non-hydrogen) atoms. The lowest BCUT2D eigenvalue weighted by Crippen LogP contribution is -1.93. The molecule has 0 atom stereocenters.